The van der Waals surface area contributed by atoms with Crippen LogP contribution in [-0.2, 0) is 4.79 Å². The van der Waals surface area contributed by atoms with Gasteiger partial charge in [0.15, 0.2) is 0 Å². The third-order valence-electron chi connectivity index (χ3n) is 2.11. The predicted molar refractivity (Wildman–Crippen MR) is 67.7 cm³/mol. The fourth-order valence-electron chi connectivity index (χ4n) is 1.27. The Hall–Kier alpha value is -1.60. The molecule has 0 aliphatic rings. The third kappa shape index (κ3) is 3.68. The smallest absolute Gasteiger partial charge is 0.304 e. The van der Waals surface area contributed by atoms with E-state index in [2.05, 4.69) is 10.2 Å². The van der Waals surface area contributed by atoms with E-state index in [-0.39, 0.29) is 22.6 Å². The fourth-order valence-corrected chi connectivity index (χ4v) is 2.20. The van der Waals surface area contributed by atoms with Crippen molar-refractivity contribution in [3.8, 4) is 11.5 Å². The Morgan fingerprint density at radius 2 is 2.26 bits per heavy atom. The summed E-state index contributed by atoms with van der Waals surface area (Å²) in [4.78, 5) is 10.4. The molecule has 1 heterocycles. The van der Waals surface area contributed by atoms with Gasteiger partial charge in [-0.1, -0.05) is 23.4 Å². The normalized spacial score (nSPS) is 10.6. The molecular weight excluding hydrogens is 295 g/mol. The molecule has 0 unspecified atom stereocenters. The van der Waals surface area contributed by atoms with Crippen LogP contribution < -0.4 is 0 Å². The van der Waals surface area contributed by atoms with Gasteiger partial charge < -0.3 is 9.52 Å². The van der Waals surface area contributed by atoms with Crippen LogP contribution in [0.25, 0.3) is 11.5 Å². The highest BCUT2D eigenvalue weighted by Gasteiger charge is 2.13. The molecule has 0 bridgehead atoms. The summed E-state index contributed by atoms with van der Waals surface area (Å²) in [5, 5.41) is 16.5. The van der Waals surface area contributed by atoms with E-state index in [0.29, 0.717) is 11.3 Å². The van der Waals surface area contributed by atoms with Crippen LogP contribution >= 0.6 is 23.4 Å². The summed E-state index contributed by atoms with van der Waals surface area (Å²) in [6.45, 7) is 0. The fraction of sp³-hybridized carbons (Fsp3) is 0.182. The van der Waals surface area contributed by atoms with Gasteiger partial charge in [-0.3, -0.25) is 4.79 Å². The van der Waals surface area contributed by atoms with E-state index >= 15 is 0 Å². The van der Waals surface area contributed by atoms with Gasteiger partial charge in [0.05, 0.1) is 17.0 Å². The zero-order valence-corrected chi connectivity index (χ0v) is 11.0. The Morgan fingerprint density at radius 1 is 1.47 bits per heavy atom. The van der Waals surface area contributed by atoms with E-state index in [4.69, 9.17) is 21.1 Å². The number of hydrogen-bond donors (Lipinski definition) is 1. The first-order chi connectivity index (χ1) is 9.06. The molecule has 0 aliphatic carbocycles. The minimum atomic E-state index is -0.895. The Kier molecular flexibility index (Phi) is 4.39. The third-order valence-corrected chi connectivity index (χ3v) is 3.24. The molecule has 0 atom stereocenters. The number of aromatic nitrogens is 2. The molecule has 0 aliphatic heterocycles. The van der Waals surface area contributed by atoms with Gasteiger partial charge in [-0.05, 0) is 18.2 Å². The first-order valence-electron chi connectivity index (χ1n) is 5.20. The number of halogens is 2. The van der Waals surface area contributed by atoms with Crippen LogP contribution in [0.3, 0.4) is 0 Å². The Labute approximate surface area is 116 Å². The molecule has 5 nitrogen and oxygen atoms in total. The largest absolute Gasteiger partial charge is 0.481 e. The highest BCUT2D eigenvalue weighted by atomic mass is 35.5. The number of rotatable bonds is 5. The number of carbonyl (C=O) groups is 1. The first kappa shape index (κ1) is 13.8. The lowest BCUT2D eigenvalue weighted by atomic mass is 10.2. The zero-order valence-electron chi connectivity index (χ0n) is 9.47. The van der Waals surface area contributed by atoms with Crippen LogP contribution in [0.15, 0.2) is 27.8 Å². The second kappa shape index (κ2) is 6.03. The topological polar surface area (TPSA) is 76.2 Å². The predicted octanol–water partition coefficient (Wildman–Crippen LogP) is 3.10. The van der Waals surface area contributed by atoms with Gasteiger partial charge in [0.25, 0.3) is 5.22 Å². The summed E-state index contributed by atoms with van der Waals surface area (Å²) < 4.78 is 18.2. The molecule has 2 aromatic rings. The SMILES string of the molecule is O=C(O)CCSc1nnc(-c2ccc(F)cc2Cl)o1. The summed E-state index contributed by atoms with van der Waals surface area (Å²) >= 11 is 7.00. The molecule has 0 amide bonds. The maximum atomic E-state index is 12.9. The summed E-state index contributed by atoms with van der Waals surface area (Å²) in [5.74, 6) is -0.852. The van der Waals surface area contributed by atoms with E-state index in [1.165, 1.54) is 12.1 Å². The molecule has 19 heavy (non-hydrogen) atoms. The number of carboxylic acids is 1. The van der Waals surface area contributed by atoms with Crippen LogP contribution in [0.5, 0.6) is 0 Å². The molecule has 100 valence electrons. The van der Waals surface area contributed by atoms with Gasteiger partial charge in [0, 0.05) is 5.75 Å². The number of nitrogens with zero attached hydrogens (tertiary/aromatic N) is 2. The van der Waals surface area contributed by atoms with Crippen LogP contribution in [0.2, 0.25) is 5.02 Å². The molecule has 8 heteroatoms. The van der Waals surface area contributed by atoms with Gasteiger partial charge in [0.1, 0.15) is 5.82 Å². The van der Waals surface area contributed by atoms with Gasteiger partial charge >= 0.3 is 5.97 Å². The van der Waals surface area contributed by atoms with Gasteiger partial charge in [-0.2, -0.15) is 0 Å². The van der Waals surface area contributed by atoms with Crippen molar-refractivity contribution in [2.75, 3.05) is 5.75 Å². The van der Waals surface area contributed by atoms with Gasteiger partial charge in [-0.15, -0.1) is 10.2 Å². The minimum Gasteiger partial charge on any atom is -0.481 e. The minimum absolute atomic E-state index is 0.000313. The molecule has 0 fully saturated rings. The van der Waals surface area contributed by atoms with E-state index in [0.717, 1.165) is 17.8 Å². The molecule has 0 spiro atoms. The zero-order chi connectivity index (χ0) is 13.8. The lowest BCUT2D eigenvalue weighted by Gasteiger charge is -1.98. The van der Waals surface area contributed by atoms with E-state index in [9.17, 15) is 9.18 Å². The number of thioether (sulfide) groups is 1. The highest BCUT2D eigenvalue weighted by Crippen LogP contribution is 2.29. The molecule has 0 radical (unpaired) electrons. The molecule has 1 aromatic heterocycles. The Bertz CT molecular complexity index is 605. The standard InChI is InChI=1S/C11H8ClFN2O3S/c12-8-5-6(13)1-2-7(8)10-14-15-11(18-10)19-4-3-9(16)17/h1-2,5H,3-4H2,(H,16,17). The number of hydrogen-bond acceptors (Lipinski definition) is 5. The molecule has 0 saturated carbocycles. The highest BCUT2D eigenvalue weighted by molar-refractivity contribution is 7.99. The monoisotopic (exact) mass is 302 g/mol. The second-order valence-electron chi connectivity index (χ2n) is 3.49. The average molecular weight is 303 g/mol. The Morgan fingerprint density at radius 3 is 2.95 bits per heavy atom. The van der Waals surface area contributed by atoms with Crippen LogP contribution in [0.4, 0.5) is 4.39 Å². The molecule has 0 saturated heterocycles. The van der Waals surface area contributed by atoms with E-state index in [1.54, 1.807) is 0 Å². The lowest BCUT2D eigenvalue weighted by molar-refractivity contribution is -0.136. The quantitative estimate of drug-likeness (QED) is 0.855. The van der Waals surface area contributed by atoms with Crippen molar-refractivity contribution in [2.24, 2.45) is 0 Å². The summed E-state index contributed by atoms with van der Waals surface area (Å²) in [5.41, 5.74) is 0.431. The van der Waals surface area contributed by atoms with Crippen molar-refractivity contribution in [1.82, 2.24) is 10.2 Å². The average Bonchev–Trinajstić information content (AvgIpc) is 2.77. The van der Waals surface area contributed by atoms with Crippen molar-refractivity contribution in [2.45, 2.75) is 11.6 Å². The van der Waals surface area contributed by atoms with Crippen molar-refractivity contribution in [3.05, 3.63) is 29.0 Å². The van der Waals surface area contributed by atoms with Crippen LogP contribution in [0, 0.1) is 5.82 Å². The number of carboxylic acid groups (broad SMARTS) is 1. The summed E-state index contributed by atoms with van der Waals surface area (Å²) in [6, 6.07) is 3.83. The molecular formula is C11H8ClFN2O3S. The summed E-state index contributed by atoms with van der Waals surface area (Å²) in [6.07, 6.45) is -0.000313. The van der Waals surface area contributed by atoms with E-state index < -0.39 is 11.8 Å². The maximum absolute atomic E-state index is 12.9. The second-order valence-corrected chi connectivity index (χ2v) is 4.94. The molecule has 1 aromatic carbocycles. The summed E-state index contributed by atoms with van der Waals surface area (Å²) in [7, 11) is 0. The van der Waals surface area contributed by atoms with E-state index in [1.807, 2.05) is 0 Å². The number of benzene rings is 1. The van der Waals surface area contributed by atoms with Crippen LogP contribution in [0.1, 0.15) is 6.42 Å². The first-order valence-corrected chi connectivity index (χ1v) is 6.56. The lowest BCUT2D eigenvalue weighted by Crippen LogP contribution is -1.95. The van der Waals surface area contributed by atoms with Gasteiger partial charge in [0.2, 0.25) is 5.89 Å². The molecule has 2 rings (SSSR count). The van der Waals surface area contributed by atoms with Crippen molar-refractivity contribution in [3.63, 3.8) is 0 Å². The van der Waals surface area contributed by atoms with Crippen LogP contribution in [-0.4, -0.2) is 27.0 Å². The van der Waals surface area contributed by atoms with Crippen molar-refractivity contribution >= 4 is 29.3 Å². The number of aliphatic carboxylic acids is 1. The maximum Gasteiger partial charge on any atom is 0.304 e. The van der Waals surface area contributed by atoms with Crippen molar-refractivity contribution in [1.29, 1.82) is 0 Å². The van der Waals surface area contributed by atoms with Crippen molar-refractivity contribution < 1.29 is 18.7 Å². The molecule has 1 N–H and O–H groups in total. The Balaban J connectivity index is 2.10. The van der Waals surface area contributed by atoms with Gasteiger partial charge in [-0.25, -0.2) is 4.39 Å².